The van der Waals surface area contributed by atoms with Gasteiger partial charge in [-0.25, -0.2) is 9.97 Å². The molecule has 20 heavy (non-hydrogen) atoms. The molecule has 1 atom stereocenters. The van der Waals surface area contributed by atoms with Gasteiger partial charge in [-0.2, -0.15) is 0 Å². The number of hydrogen-bond donors (Lipinski definition) is 1. The minimum Gasteiger partial charge on any atom is -0.383 e. The summed E-state index contributed by atoms with van der Waals surface area (Å²) in [5.74, 6) is 2.84. The van der Waals surface area contributed by atoms with Gasteiger partial charge in [-0.05, 0) is 27.7 Å². The van der Waals surface area contributed by atoms with E-state index >= 15 is 0 Å². The second kappa shape index (κ2) is 8.04. The lowest BCUT2D eigenvalue weighted by Crippen LogP contribution is -2.37. The van der Waals surface area contributed by atoms with E-state index in [1.807, 2.05) is 0 Å². The van der Waals surface area contributed by atoms with Gasteiger partial charge in [0.15, 0.2) is 0 Å². The summed E-state index contributed by atoms with van der Waals surface area (Å²) in [4.78, 5) is 11.6. The van der Waals surface area contributed by atoms with Gasteiger partial charge in [-0.15, -0.1) is 0 Å². The third kappa shape index (κ3) is 3.82. The lowest BCUT2D eigenvalue weighted by Gasteiger charge is -2.30. The van der Waals surface area contributed by atoms with E-state index in [2.05, 4.69) is 49.8 Å². The molecule has 5 nitrogen and oxygen atoms in total. The highest BCUT2D eigenvalue weighted by atomic mass is 16.5. The van der Waals surface area contributed by atoms with Crippen LogP contribution in [0.5, 0.6) is 0 Å². The van der Waals surface area contributed by atoms with Crippen molar-refractivity contribution in [3.8, 4) is 0 Å². The van der Waals surface area contributed by atoms with Crippen LogP contribution in [-0.2, 0) is 11.2 Å². The molecule has 1 unspecified atom stereocenters. The normalized spacial score (nSPS) is 12.3. The van der Waals surface area contributed by atoms with Crippen LogP contribution in [0.15, 0.2) is 0 Å². The molecule has 0 spiro atoms. The van der Waals surface area contributed by atoms with Crippen molar-refractivity contribution < 1.29 is 4.74 Å². The van der Waals surface area contributed by atoms with Gasteiger partial charge >= 0.3 is 0 Å². The monoisotopic (exact) mass is 280 g/mol. The van der Waals surface area contributed by atoms with Crippen molar-refractivity contribution in [1.82, 2.24) is 9.97 Å². The number of aromatic nitrogens is 2. The zero-order valence-electron chi connectivity index (χ0n) is 13.7. The molecule has 0 amide bonds. The maximum Gasteiger partial charge on any atom is 0.137 e. The number of ether oxygens (including phenoxy) is 1. The van der Waals surface area contributed by atoms with Crippen molar-refractivity contribution in [1.29, 1.82) is 0 Å². The molecule has 0 radical (unpaired) electrons. The van der Waals surface area contributed by atoms with Crippen LogP contribution in [0.1, 0.15) is 39.1 Å². The molecule has 0 saturated carbocycles. The number of rotatable bonds is 8. The summed E-state index contributed by atoms with van der Waals surface area (Å²) in [7, 11) is 1.73. The van der Waals surface area contributed by atoms with E-state index in [4.69, 9.17) is 9.72 Å². The molecule has 1 aromatic heterocycles. The number of anilines is 2. The first-order chi connectivity index (χ1) is 9.58. The Balaban J connectivity index is 3.22. The third-order valence-corrected chi connectivity index (χ3v) is 3.38. The Hall–Kier alpha value is -1.36. The summed E-state index contributed by atoms with van der Waals surface area (Å²) < 4.78 is 5.28. The van der Waals surface area contributed by atoms with E-state index in [0.717, 1.165) is 42.5 Å². The first kappa shape index (κ1) is 16.7. The SMILES string of the molecule is CCNc1nc(CC)nc(N(CC)C(C)COC)c1C. The van der Waals surface area contributed by atoms with Gasteiger partial charge in [0.25, 0.3) is 0 Å². The van der Waals surface area contributed by atoms with E-state index in [1.54, 1.807) is 7.11 Å². The smallest absolute Gasteiger partial charge is 0.137 e. The van der Waals surface area contributed by atoms with E-state index in [9.17, 15) is 0 Å². The minimum absolute atomic E-state index is 0.290. The van der Waals surface area contributed by atoms with E-state index < -0.39 is 0 Å². The quantitative estimate of drug-likeness (QED) is 0.793. The van der Waals surface area contributed by atoms with Crippen LogP contribution < -0.4 is 10.2 Å². The summed E-state index contributed by atoms with van der Waals surface area (Å²) in [5, 5.41) is 3.33. The molecule has 0 aromatic carbocycles. The van der Waals surface area contributed by atoms with Crippen LogP contribution in [0, 0.1) is 6.92 Å². The molecule has 0 bridgehead atoms. The summed E-state index contributed by atoms with van der Waals surface area (Å²) in [6, 6.07) is 0.290. The number of hydrogen-bond acceptors (Lipinski definition) is 5. The predicted molar refractivity (Wildman–Crippen MR) is 84.7 cm³/mol. The molecule has 0 fully saturated rings. The summed E-state index contributed by atoms with van der Waals surface area (Å²) in [6.45, 7) is 13.0. The Kier molecular flexibility index (Phi) is 6.71. The highest BCUT2D eigenvalue weighted by Crippen LogP contribution is 2.25. The van der Waals surface area contributed by atoms with Gasteiger partial charge in [0.2, 0.25) is 0 Å². The van der Waals surface area contributed by atoms with E-state index in [0.29, 0.717) is 6.61 Å². The molecule has 0 saturated heterocycles. The van der Waals surface area contributed by atoms with Crippen LogP contribution in [0.3, 0.4) is 0 Å². The Bertz CT molecular complexity index is 423. The first-order valence-electron chi connectivity index (χ1n) is 7.45. The summed E-state index contributed by atoms with van der Waals surface area (Å²) >= 11 is 0. The van der Waals surface area contributed by atoms with Gasteiger partial charge in [-0.1, -0.05) is 6.92 Å². The highest BCUT2D eigenvalue weighted by Gasteiger charge is 2.19. The predicted octanol–water partition coefficient (Wildman–Crippen LogP) is 2.64. The molecule has 1 heterocycles. The molecule has 0 aliphatic heterocycles. The summed E-state index contributed by atoms with van der Waals surface area (Å²) in [6.07, 6.45) is 0.835. The van der Waals surface area contributed by atoms with Crippen molar-refractivity contribution in [3.05, 3.63) is 11.4 Å². The molecule has 1 aromatic rings. The average Bonchev–Trinajstić information content (AvgIpc) is 2.44. The average molecular weight is 280 g/mol. The van der Waals surface area contributed by atoms with Crippen molar-refractivity contribution in [2.24, 2.45) is 0 Å². The number of aryl methyl sites for hydroxylation is 1. The molecule has 1 rings (SSSR count). The molecule has 0 aliphatic carbocycles. The van der Waals surface area contributed by atoms with E-state index in [1.165, 1.54) is 0 Å². The fraction of sp³-hybridized carbons (Fsp3) is 0.733. The molecular formula is C15H28N4O. The first-order valence-corrected chi connectivity index (χ1v) is 7.45. The second-order valence-corrected chi connectivity index (χ2v) is 4.91. The van der Waals surface area contributed by atoms with Gasteiger partial charge in [0.05, 0.1) is 12.6 Å². The maximum absolute atomic E-state index is 5.28. The third-order valence-electron chi connectivity index (χ3n) is 3.38. The largest absolute Gasteiger partial charge is 0.383 e. The topological polar surface area (TPSA) is 50.3 Å². The lowest BCUT2D eigenvalue weighted by atomic mass is 10.2. The highest BCUT2D eigenvalue weighted by molar-refractivity contribution is 5.59. The number of nitrogens with zero attached hydrogens (tertiary/aromatic N) is 3. The Labute approximate surface area is 122 Å². The fourth-order valence-electron chi connectivity index (χ4n) is 2.33. The number of methoxy groups -OCH3 is 1. The van der Waals surface area contributed by atoms with Crippen molar-refractivity contribution >= 4 is 11.6 Å². The zero-order valence-corrected chi connectivity index (χ0v) is 13.7. The molecule has 114 valence electrons. The van der Waals surface area contributed by atoms with Crippen LogP contribution in [0.2, 0.25) is 0 Å². The van der Waals surface area contributed by atoms with Gasteiger partial charge < -0.3 is 15.0 Å². The molecule has 1 N–H and O–H groups in total. The van der Waals surface area contributed by atoms with Crippen LogP contribution in [-0.4, -0.2) is 42.8 Å². The number of nitrogens with one attached hydrogen (secondary N) is 1. The van der Waals surface area contributed by atoms with Gasteiger partial charge in [0, 0.05) is 32.2 Å². The fourth-order valence-corrected chi connectivity index (χ4v) is 2.33. The van der Waals surface area contributed by atoms with Crippen molar-refractivity contribution in [2.75, 3.05) is 37.0 Å². The van der Waals surface area contributed by atoms with Gasteiger partial charge in [-0.3, -0.25) is 0 Å². The van der Waals surface area contributed by atoms with E-state index in [-0.39, 0.29) is 6.04 Å². The zero-order chi connectivity index (χ0) is 15.1. The molecule has 5 heteroatoms. The minimum atomic E-state index is 0.290. The van der Waals surface area contributed by atoms with Crippen LogP contribution in [0.25, 0.3) is 0 Å². The maximum atomic E-state index is 5.28. The van der Waals surface area contributed by atoms with Crippen LogP contribution >= 0.6 is 0 Å². The van der Waals surface area contributed by atoms with Gasteiger partial charge in [0.1, 0.15) is 17.5 Å². The van der Waals surface area contributed by atoms with Crippen molar-refractivity contribution in [3.63, 3.8) is 0 Å². The van der Waals surface area contributed by atoms with Crippen molar-refractivity contribution in [2.45, 2.75) is 47.1 Å². The summed E-state index contributed by atoms with van der Waals surface area (Å²) in [5.41, 5.74) is 1.11. The Morgan fingerprint density at radius 1 is 1.25 bits per heavy atom. The Morgan fingerprint density at radius 2 is 1.95 bits per heavy atom. The lowest BCUT2D eigenvalue weighted by molar-refractivity contribution is 0.181. The molecule has 0 aliphatic rings. The second-order valence-electron chi connectivity index (χ2n) is 4.91. The van der Waals surface area contributed by atoms with Crippen LogP contribution in [0.4, 0.5) is 11.6 Å². The number of likely N-dealkylation sites (N-methyl/N-ethyl adjacent to an activating group) is 1. The Morgan fingerprint density at radius 3 is 2.45 bits per heavy atom. The standard InChI is InChI=1S/C15H28N4O/c1-7-13-17-14(16-8-2)12(5)15(18-13)19(9-3)11(4)10-20-6/h11H,7-10H2,1-6H3,(H,16,17,18). The molecular weight excluding hydrogens is 252 g/mol.